The summed E-state index contributed by atoms with van der Waals surface area (Å²) in [7, 11) is 0. The minimum atomic E-state index is -0.529. The third-order valence-electron chi connectivity index (χ3n) is 3.47. The fourth-order valence-corrected chi connectivity index (χ4v) is 2.59. The van der Waals surface area contributed by atoms with Crippen molar-refractivity contribution < 1.29 is 8.78 Å². The Morgan fingerprint density at radius 2 is 2.18 bits per heavy atom. The van der Waals surface area contributed by atoms with Crippen LogP contribution in [-0.2, 0) is 6.42 Å². The molecule has 94 valence electrons. The maximum absolute atomic E-state index is 13.8. The quantitative estimate of drug-likeness (QED) is 0.510. The van der Waals surface area contributed by atoms with Gasteiger partial charge in [-0.1, -0.05) is 6.92 Å². The summed E-state index contributed by atoms with van der Waals surface area (Å²) in [6.45, 7) is 2.11. The summed E-state index contributed by atoms with van der Waals surface area (Å²) < 4.78 is 27.6. The highest BCUT2D eigenvalue weighted by Crippen LogP contribution is 2.41. The van der Waals surface area contributed by atoms with Crippen LogP contribution in [0.1, 0.15) is 18.9 Å². The van der Waals surface area contributed by atoms with Crippen LogP contribution < -0.4 is 11.3 Å². The van der Waals surface area contributed by atoms with E-state index in [2.05, 4.69) is 28.3 Å². The van der Waals surface area contributed by atoms with Gasteiger partial charge in [0.2, 0.25) is 0 Å². The molecule has 3 unspecified atom stereocenters. The van der Waals surface area contributed by atoms with E-state index in [1.165, 1.54) is 12.1 Å². The number of rotatable bonds is 4. The summed E-state index contributed by atoms with van der Waals surface area (Å²) in [5, 5.41) is 0. The van der Waals surface area contributed by atoms with E-state index in [1.807, 2.05) is 0 Å². The molecule has 1 saturated carbocycles. The molecule has 0 aliphatic heterocycles. The van der Waals surface area contributed by atoms with Crippen molar-refractivity contribution in [2.45, 2.75) is 25.8 Å². The summed E-state index contributed by atoms with van der Waals surface area (Å²) in [5.74, 6) is 5.40. The van der Waals surface area contributed by atoms with Crippen molar-refractivity contribution in [2.75, 3.05) is 0 Å². The van der Waals surface area contributed by atoms with Gasteiger partial charge in [-0.25, -0.2) is 8.78 Å². The van der Waals surface area contributed by atoms with Crippen LogP contribution in [0.15, 0.2) is 16.6 Å². The van der Waals surface area contributed by atoms with Crippen molar-refractivity contribution in [3.8, 4) is 0 Å². The number of hydrogen-bond donors (Lipinski definition) is 2. The van der Waals surface area contributed by atoms with E-state index in [0.29, 0.717) is 11.8 Å². The first-order valence-electron chi connectivity index (χ1n) is 5.63. The number of hydrogen-bond acceptors (Lipinski definition) is 2. The third-order valence-corrected chi connectivity index (χ3v) is 4.08. The van der Waals surface area contributed by atoms with Crippen molar-refractivity contribution in [2.24, 2.45) is 17.7 Å². The van der Waals surface area contributed by atoms with E-state index in [-0.39, 0.29) is 22.5 Å². The van der Waals surface area contributed by atoms with Crippen molar-refractivity contribution >= 4 is 15.9 Å². The molecule has 0 spiro atoms. The number of nitrogens with two attached hydrogens (primary N) is 1. The number of hydrazine groups is 1. The van der Waals surface area contributed by atoms with Crippen molar-refractivity contribution in [3.63, 3.8) is 0 Å². The van der Waals surface area contributed by atoms with Gasteiger partial charge < -0.3 is 0 Å². The molecule has 1 aromatic rings. The molecular formula is C12H15BrF2N2. The predicted octanol–water partition coefficient (Wildman–Crippen LogP) is 2.76. The molecule has 0 amide bonds. The van der Waals surface area contributed by atoms with E-state index in [9.17, 15) is 8.78 Å². The molecule has 0 bridgehead atoms. The largest absolute Gasteiger partial charge is 0.271 e. The molecule has 2 nitrogen and oxygen atoms in total. The highest BCUT2D eigenvalue weighted by molar-refractivity contribution is 9.10. The summed E-state index contributed by atoms with van der Waals surface area (Å²) in [6, 6.07) is 2.58. The van der Waals surface area contributed by atoms with Gasteiger partial charge in [0, 0.05) is 11.6 Å². The van der Waals surface area contributed by atoms with Crippen molar-refractivity contribution in [3.05, 3.63) is 33.8 Å². The Balaban J connectivity index is 2.19. The van der Waals surface area contributed by atoms with Crippen LogP contribution in [0.4, 0.5) is 8.78 Å². The monoisotopic (exact) mass is 304 g/mol. The molecule has 0 aromatic heterocycles. The molecular weight excluding hydrogens is 290 g/mol. The van der Waals surface area contributed by atoms with Gasteiger partial charge in [0.05, 0.1) is 4.47 Å². The van der Waals surface area contributed by atoms with E-state index in [1.54, 1.807) is 0 Å². The Hall–Kier alpha value is -0.520. The van der Waals surface area contributed by atoms with E-state index in [0.717, 1.165) is 6.42 Å². The molecule has 1 aliphatic rings. The predicted molar refractivity (Wildman–Crippen MR) is 66.1 cm³/mol. The van der Waals surface area contributed by atoms with Crippen LogP contribution in [0, 0.1) is 23.5 Å². The number of nitrogens with one attached hydrogen (secondary N) is 1. The highest BCUT2D eigenvalue weighted by atomic mass is 79.9. The van der Waals surface area contributed by atoms with Gasteiger partial charge in [0.15, 0.2) is 0 Å². The molecule has 5 heteroatoms. The molecule has 17 heavy (non-hydrogen) atoms. The normalized spacial score (nSPS) is 24.8. The molecule has 0 saturated heterocycles. The maximum atomic E-state index is 13.8. The van der Waals surface area contributed by atoms with Gasteiger partial charge in [-0.15, -0.1) is 0 Å². The first-order chi connectivity index (χ1) is 8.04. The smallest absolute Gasteiger partial charge is 0.143 e. The second-order valence-corrected chi connectivity index (χ2v) is 5.53. The van der Waals surface area contributed by atoms with Crippen molar-refractivity contribution in [1.82, 2.24) is 5.43 Å². The topological polar surface area (TPSA) is 38.0 Å². The molecule has 2 rings (SSSR count). The van der Waals surface area contributed by atoms with Gasteiger partial charge in [-0.05, 0) is 52.7 Å². The Labute approximate surface area is 108 Å². The fourth-order valence-electron chi connectivity index (χ4n) is 2.22. The average molecular weight is 305 g/mol. The summed E-state index contributed by atoms with van der Waals surface area (Å²) in [6.07, 6.45) is 1.34. The summed E-state index contributed by atoms with van der Waals surface area (Å²) >= 11 is 3.06. The lowest BCUT2D eigenvalue weighted by Crippen LogP contribution is -2.39. The minimum absolute atomic E-state index is 0.0664. The molecule has 0 heterocycles. The van der Waals surface area contributed by atoms with Gasteiger partial charge in [-0.2, -0.15) is 0 Å². The number of benzene rings is 1. The van der Waals surface area contributed by atoms with E-state index < -0.39 is 11.6 Å². The van der Waals surface area contributed by atoms with E-state index >= 15 is 0 Å². The van der Waals surface area contributed by atoms with Crippen molar-refractivity contribution in [1.29, 1.82) is 0 Å². The zero-order chi connectivity index (χ0) is 12.6. The second kappa shape index (κ2) is 5.00. The average Bonchev–Trinajstić information content (AvgIpc) is 3.02. The standard InChI is InChI=1S/C12H15BrF2N2/c1-6-4-7(6)11(17-16)5-8-10(14)3-2-9(13)12(8)15/h2-3,6-7,11,17H,4-5,16H2,1H3. The van der Waals surface area contributed by atoms with Crippen LogP contribution >= 0.6 is 15.9 Å². The lowest BCUT2D eigenvalue weighted by atomic mass is 10.0. The Morgan fingerprint density at radius 3 is 2.71 bits per heavy atom. The Morgan fingerprint density at radius 1 is 1.53 bits per heavy atom. The SMILES string of the molecule is CC1CC1C(Cc1c(F)ccc(Br)c1F)NN. The second-order valence-electron chi connectivity index (χ2n) is 4.68. The molecule has 0 radical (unpaired) electrons. The first kappa shape index (κ1) is 12.9. The minimum Gasteiger partial charge on any atom is -0.271 e. The third kappa shape index (κ3) is 2.67. The summed E-state index contributed by atoms with van der Waals surface area (Å²) in [5.41, 5.74) is 2.77. The van der Waals surface area contributed by atoms with Gasteiger partial charge >= 0.3 is 0 Å². The van der Waals surface area contributed by atoms with Gasteiger partial charge in [0.1, 0.15) is 11.6 Å². The van der Waals surface area contributed by atoms with Gasteiger partial charge in [-0.3, -0.25) is 11.3 Å². The van der Waals surface area contributed by atoms with Crippen LogP contribution in [0.2, 0.25) is 0 Å². The maximum Gasteiger partial charge on any atom is 0.143 e. The Bertz CT molecular complexity index is 425. The van der Waals surface area contributed by atoms with Crippen LogP contribution in [0.5, 0.6) is 0 Å². The molecule has 3 N–H and O–H groups in total. The molecule has 1 aliphatic carbocycles. The molecule has 1 aromatic carbocycles. The Kier molecular flexibility index (Phi) is 3.80. The zero-order valence-corrected chi connectivity index (χ0v) is 11.1. The lowest BCUT2D eigenvalue weighted by Gasteiger charge is -2.17. The molecule has 1 fully saturated rings. The highest BCUT2D eigenvalue weighted by Gasteiger charge is 2.39. The molecule has 3 atom stereocenters. The van der Waals surface area contributed by atoms with Crippen LogP contribution in [-0.4, -0.2) is 6.04 Å². The lowest BCUT2D eigenvalue weighted by molar-refractivity contribution is 0.434. The first-order valence-corrected chi connectivity index (χ1v) is 6.42. The van der Waals surface area contributed by atoms with Gasteiger partial charge in [0.25, 0.3) is 0 Å². The summed E-state index contributed by atoms with van der Waals surface area (Å²) in [4.78, 5) is 0. The number of halogens is 3. The van der Waals surface area contributed by atoms with Crippen LogP contribution in [0.25, 0.3) is 0 Å². The van der Waals surface area contributed by atoms with E-state index in [4.69, 9.17) is 5.84 Å². The zero-order valence-electron chi connectivity index (χ0n) is 9.51. The van der Waals surface area contributed by atoms with Crippen LogP contribution in [0.3, 0.4) is 0 Å². The fraction of sp³-hybridized carbons (Fsp3) is 0.500.